The van der Waals surface area contributed by atoms with E-state index in [2.05, 4.69) is 23.5 Å². The van der Waals surface area contributed by atoms with Gasteiger partial charge in [-0.15, -0.1) is 0 Å². The molecule has 2 rings (SSSR count). The van der Waals surface area contributed by atoms with E-state index in [1.54, 1.807) is 4.90 Å². The van der Waals surface area contributed by atoms with Crippen molar-refractivity contribution in [3.05, 3.63) is 29.8 Å². The van der Waals surface area contributed by atoms with Crippen LogP contribution >= 0.6 is 0 Å². The molecule has 122 valence electrons. The molecule has 1 amide bonds. The molecule has 0 bridgehead atoms. The number of benzene rings is 1. The summed E-state index contributed by atoms with van der Waals surface area (Å²) in [7, 11) is 0. The molecule has 0 atom stereocenters. The summed E-state index contributed by atoms with van der Waals surface area (Å²) in [6.45, 7) is 9.90. The Kier molecular flexibility index (Phi) is 5.33. The molecule has 0 aliphatic heterocycles. The molecule has 1 aliphatic rings. The molecular weight excluding hydrogens is 276 g/mol. The fourth-order valence-electron chi connectivity index (χ4n) is 2.22. The molecule has 1 aromatic rings. The SMILES string of the molecule is CCN(Cc1cccc(NCC2CC2)c1)C(=O)OC(C)(C)C. The molecule has 0 heterocycles. The Balaban J connectivity index is 1.94. The molecule has 1 aliphatic carbocycles. The summed E-state index contributed by atoms with van der Waals surface area (Å²) in [6, 6.07) is 8.29. The summed E-state index contributed by atoms with van der Waals surface area (Å²) >= 11 is 0. The van der Waals surface area contributed by atoms with Gasteiger partial charge in [0.2, 0.25) is 0 Å². The van der Waals surface area contributed by atoms with E-state index < -0.39 is 5.60 Å². The Morgan fingerprint density at radius 1 is 1.36 bits per heavy atom. The maximum atomic E-state index is 12.2. The maximum absolute atomic E-state index is 12.2. The third-order valence-electron chi connectivity index (χ3n) is 3.63. The molecule has 4 nitrogen and oxygen atoms in total. The molecule has 0 aromatic heterocycles. The van der Waals surface area contributed by atoms with Crippen LogP contribution in [0.25, 0.3) is 0 Å². The van der Waals surface area contributed by atoms with Crippen LogP contribution in [0.15, 0.2) is 24.3 Å². The fourth-order valence-corrected chi connectivity index (χ4v) is 2.22. The summed E-state index contributed by atoms with van der Waals surface area (Å²) in [6.07, 6.45) is 2.43. The second kappa shape index (κ2) is 7.03. The van der Waals surface area contributed by atoms with Crippen molar-refractivity contribution in [1.82, 2.24) is 4.90 Å². The number of hydrogen-bond acceptors (Lipinski definition) is 3. The Morgan fingerprint density at radius 3 is 2.68 bits per heavy atom. The topological polar surface area (TPSA) is 41.6 Å². The molecule has 1 saturated carbocycles. The first-order chi connectivity index (χ1) is 10.4. The molecule has 1 fully saturated rings. The van der Waals surface area contributed by atoms with E-state index in [0.29, 0.717) is 13.1 Å². The average Bonchev–Trinajstić information content (AvgIpc) is 3.25. The largest absolute Gasteiger partial charge is 0.444 e. The van der Waals surface area contributed by atoms with Crippen LogP contribution in [0.3, 0.4) is 0 Å². The summed E-state index contributed by atoms with van der Waals surface area (Å²) in [5.41, 5.74) is 1.79. The highest BCUT2D eigenvalue weighted by Gasteiger charge is 2.22. The van der Waals surface area contributed by atoms with Gasteiger partial charge in [-0.05, 0) is 64.2 Å². The van der Waals surface area contributed by atoms with E-state index in [1.807, 2.05) is 33.8 Å². The number of rotatable bonds is 6. The summed E-state index contributed by atoms with van der Waals surface area (Å²) in [4.78, 5) is 13.9. The van der Waals surface area contributed by atoms with E-state index in [0.717, 1.165) is 23.7 Å². The van der Waals surface area contributed by atoms with Crippen LogP contribution in [0.4, 0.5) is 10.5 Å². The number of carbonyl (C=O) groups excluding carboxylic acids is 1. The number of ether oxygens (including phenoxy) is 1. The molecule has 22 heavy (non-hydrogen) atoms. The molecule has 0 spiro atoms. The Morgan fingerprint density at radius 2 is 2.09 bits per heavy atom. The first kappa shape index (κ1) is 16.7. The van der Waals surface area contributed by atoms with E-state index in [-0.39, 0.29) is 6.09 Å². The fraction of sp³-hybridized carbons (Fsp3) is 0.611. The highest BCUT2D eigenvalue weighted by molar-refractivity contribution is 5.68. The molecule has 0 unspecified atom stereocenters. The smallest absolute Gasteiger partial charge is 0.410 e. The number of anilines is 1. The van der Waals surface area contributed by atoms with Gasteiger partial charge < -0.3 is 15.0 Å². The van der Waals surface area contributed by atoms with Crippen LogP contribution in [0.2, 0.25) is 0 Å². The van der Waals surface area contributed by atoms with Gasteiger partial charge in [0.05, 0.1) is 0 Å². The molecule has 1 aromatic carbocycles. The quantitative estimate of drug-likeness (QED) is 0.853. The molecule has 4 heteroatoms. The number of nitrogens with zero attached hydrogens (tertiary/aromatic N) is 1. The van der Waals surface area contributed by atoms with Gasteiger partial charge in [0.1, 0.15) is 5.60 Å². The zero-order valence-electron chi connectivity index (χ0n) is 14.2. The second-order valence-electron chi connectivity index (χ2n) is 7.02. The standard InChI is InChI=1S/C18H28N2O2/c1-5-20(17(21)22-18(2,3)4)13-15-7-6-8-16(11-15)19-12-14-9-10-14/h6-8,11,14,19H,5,9-10,12-13H2,1-4H3. The van der Waals surface area contributed by atoms with Crippen LogP contribution < -0.4 is 5.32 Å². The predicted octanol–water partition coefficient (Wildman–Crippen LogP) is 4.27. The lowest BCUT2D eigenvalue weighted by Crippen LogP contribution is -2.36. The van der Waals surface area contributed by atoms with Crippen molar-refractivity contribution in [3.8, 4) is 0 Å². The molecule has 1 N–H and O–H groups in total. The highest BCUT2D eigenvalue weighted by Crippen LogP contribution is 2.29. The number of carbonyl (C=O) groups is 1. The van der Waals surface area contributed by atoms with Gasteiger partial charge in [-0.25, -0.2) is 4.79 Å². The van der Waals surface area contributed by atoms with E-state index in [4.69, 9.17) is 4.74 Å². The number of nitrogens with one attached hydrogen (secondary N) is 1. The first-order valence-corrected chi connectivity index (χ1v) is 8.18. The molecular formula is C18H28N2O2. The normalized spacial score (nSPS) is 14.5. The van der Waals surface area contributed by atoms with E-state index >= 15 is 0 Å². The maximum Gasteiger partial charge on any atom is 0.410 e. The Labute approximate surface area is 133 Å². The van der Waals surface area contributed by atoms with Crippen molar-refractivity contribution in [2.45, 2.75) is 52.7 Å². The Bertz CT molecular complexity index is 504. The lowest BCUT2D eigenvalue weighted by Gasteiger charge is -2.26. The van der Waals surface area contributed by atoms with Gasteiger partial charge in [0.15, 0.2) is 0 Å². The third-order valence-corrected chi connectivity index (χ3v) is 3.63. The average molecular weight is 304 g/mol. The summed E-state index contributed by atoms with van der Waals surface area (Å²) in [5, 5.41) is 3.47. The number of hydrogen-bond donors (Lipinski definition) is 1. The lowest BCUT2D eigenvalue weighted by molar-refractivity contribution is 0.0244. The zero-order chi connectivity index (χ0) is 16.2. The van der Waals surface area contributed by atoms with Crippen molar-refractivity contribution in [3.63, 3.8) is 0 Å². The van der Waals surface area contributed by atoms with Gasteiger partial charge in [-0.2, -0.15) is 0 Å². The monoisotopic (exact) mass is 304 g/mol. The lowest BCUT2D eigenvalue weighted by atomic mass is 10.2. The van der Waals surface area contributed by atoms with Gasteiger partial charge in [-0.3, -0.25) is 0 Å². The van der Waals surface area contributed by atoms with Crippen LogP contribution in [0, 0.1) is 5.92 Å². The van der Waals surface area contributed by atoms with Gasteiger partial charge in [0.25, 0.3) is 0 Å². The minimum atomic E-state index is -0.460. The van der Waals surface area contributed by atoms with Crippen molar-refractivity contribution in [2.24, 2.45) is 5.92 Å². The predicted molar refractivity (Wildman–Crippen MR) is 90.0 cm³/mol. The minimum Gasteiger partial charge on any atom is -0.444 e. The van der Waals surface area contributed by atoms with Crippen molar-refractivity contribution >= 4 is 11.8 Å². The molecule has 0 saturated heterocycles. The van der Waals surface area contributed by atoms with Gasteiger partial charge in [0, 0.05) is 25.3 Å². The van der Waals surface area contributed by atoms with Crippen molar-refractivity contribution in [2.75, 3.05) is 18.4 Å². The van der Waals surface area contributed by atoms with Crippen LogP contribution in [-0.4, -0.2) is 29.7 Å². The third kappa shape index (κ3) is 5.58. The number of amides is 1. The highest BCUT2D eigenvalue weighted by atomic mass is 16.6. The minimum absolute atomic E-state index is 0.258. The van der Waals surface area contributed by atoms with Crippen LogP contribution in [0.5, 0.6) is 0 Å². The molecule has 0 radical (unpaired) electrons. The van der Waals surface area contributed by atoms with E-state index in [1.165, 1.54) is 12.8 Å². The van der Waals surface area contributed by atoms with Gasteiger partial charge >= 0.3 is 6.09 Å². The van der Waals surface area contributed by atoms with Gasteiger partial charge in [-0.1, -0.05) is 12.1 Å². The zero-order valence-corrected chi connectivity index (χ0v) is 14.2. The second-order valence-corrected chi connectivity index (χ2v) is 7.02. The van der Waals surface area contributed by atoms with Crippen LogP contribution in [0.1, 0.15) is 46.1 Å². The van der Waals surface area contributed by atoms with Crippen molar-refractivity contribution in [1.29, 1.82) is 0 Å². The summed E-state index contributed by atoms with van der Waals surface area (Å²) in [5.74, 6) is 0.845. The first-order valence-electron chi connectivity index (χ1n) is 8.18. The summed E-state index contributed by atoms with van der Waals surface area (Å²) < 4.78 is 5.45. The Hall–Kier alpha value is -1.71. The van der Waals surface area contributed by atoms with Crippen molar-refractivity contribution < 1.29 is 9.53 Å². The van der Waals surface area contributed by atoms with E-state index in [9.17, 15) is 4.79 Å². The van der Waals surface area contributed by atoms with Crippen LogP contribution in [-0.2, 0) is 11.3 Å².